The standard InChI is InChI=1S/C18H23N3O3/c22-13-10-8-12(9-11-13)19-17(23)7-3-6-16-20-15-5-2-1-4-14(15)18(24)21-16/h1-2,4-5,12-13,22H,3,6-11H2,(H,19,23)(H,20,21,24). The van der Waals surface area contributed by atoms with E-state index >= 15 is 0 Å². The largest absolute Gasteiger partial charge is 0.393 e. The zero-order valence-electron chi connectivity index (χ0n) is 13.6. The lowest BCUT2D eigenvalue weighted by Gasteiger charge is -2.26. The number of aliphatic hydroxyl groups excluding tert-OH is 1. The molecule has 3 N–H and O–H groups in total. The molecule has 0 unspecified atom stereocenters. The van der Waals surface area contributed by atoms with Crippen LogP contribution in [0.25, 0.3) is 10.9 Å². The third-order valence-electron chi connectivity index (χ3n) is 4.54. The van der Waals surface area contributed by atoms with Crippen molar-refractivity contribution in [2.24, 2.45) is 0 Å². The van der Waals surface area contributed by atoms with Crippen LogP contribution in [-0.2, 0) is 11.2 Å². The maximum Gasteiger partial charge on any atom is 0.258 e. The maximum absolute atomic E-state index is 12.0. The number of hydrogen-bond donors (Lipinski definition) is 3. The van der Waals surface area contributed by atoms with Gasteiger partial charge in [0.15, 0.2) is 0 Å². The molecule has 6 nitrogen and oxygen atoms in total. The van der Waals surface area contributed by atoms with E-state index in [2.05, 4.69) is 15.3 Å². The summed E-state index contributed by atoms with van der Waals surface area (Å²) in [5.41, 5.74) is 0.544. The van der Waals surface area contributed by atoms with Gasteiger partial charge in [-0.2, -0.15) is 0 Å². The molecule has 2 aromatic rings. The summed E-state index contributed by atoms with van der Waals surface area (Å²) >= 11 is 0. The Kier molecular flexibility index (Phi) is 5.25. The number of aromatic nitrogens is 2. The Labute approximate surface area is 140 Å². The number of aromatic amines is 1. The number of amides is 1. The molecule has 1 heterocycles. The van der Waals surface area contributed by atoms with Crippen molar-refractivity contribution >= 4 is 16.8 Å². The average molecular weight is 329 g/mol. The molecule has 1 fully saturated rings. The predicted octanol–water partition coefficient (Wildman–Crippen LogP) is 1.67. The van der Waals surface area contributed by atoms with Gasteiger partial charge in [-0.05, 0) is 44.2 Å². The van der Waals surface area contributed by atoms with E-state index < -0.39 is 0 Å². The highest BCUT2D eigenvalue weighted by molar-refractivity contribution is 5.77. The van der Waals surface area contributed by atoms with Crippen LogP contribution in [0.15, 0.2) is 29.1 Å². The van der Waals surface area contributed by atoms with Gasteiger partial charge in [0.25, 0.3) is 5.56 Å². The second-order valence-corrected chi connectivity index (χ2v) is 6.46. The summed E-state index contributed by atoms with van der Waals surface area (Å²) in [6.07, 6.45) is 4.60. The van der Waals surface area contributed by atoms with Crippen LogP contribution in [0.1, 0.15) is 44.3 Å². The third kappa shape index (κ3) is 4.20. The number of benzene rings is 1. The van der Waals surface area contributed by atoms with Gasteiger partial charge in [-0.1, -0.05) is 12.1 Å². The number of para-hydroxylation sites is 1. The highest BCUT2D eigenvalue weighted by atomic mass is 16.3. The lowest BCUT2D eigenvalue weighted by Crippen LogP contribution is -2.38. The monoisotopic (exact) mass is 329 g/mol. The van der Waals surface area contributed by atoms with Crippen LogP contribution in [-0.4, -0.2) is 33.1 Å². The number of nitrogens with one attached hydrogen (secondary N) is 2. The van der Waals surface area contributed by atoms with Gasteiger partial charge in [0, 0.05) is 18.9 Å². The molecule has 1 aromatic carbocycles. The number of rotatable bonds is 5. The molecule has 0 radical (unpaired) electrons. The number of aliphatic hydroxyl groups is 1. The molecular weight excluding hydrogens is 306 g/mol. The van der Waals surface area contributed by atoms with Gasteiger partial charge in [-0.3, -0.25) is 9.59 Å². The SMILES string of the molecule is O=C(CCCc1nc2ccccc2c(=O)[nH]1)NC1CCC(O)CC1. The van der Waals surface area contributed by atoms with Crippen molar-refractivity contribution in [2.45, 2.75) is 57.1 Å². The molecule has 24 heavy (non-hydrogen) atoms. The van der Waals surface area contributed by atoms with Gasteiger partial charge >= 0.3 is 0 Å². The van der Waals surface area contributed by atoms with Crippen molar-refractivity contribution in [1.82, 2.24) is 15.3 Å². The Morgan fingerprint density at radius 1 is 1.25 bits per heavy atom. The zero-order valence-corrected chi connectivity index (χ0v) is 13.6. The molecule has 1 saturated carbocycles. The Morgan fingerprint density at radius 3 is 2.79 bits per heavy atom. The summed E-state index contributed by atoms with van der Waals surface area (Å²) in [6, 6.07) is 7.41. The number of H-pyrrole nitrogens is 1. The van der Waals surface area contributed by atoms with Crippen molar-refractivity contribution in [2.75, 3.05) is 0 Å². The molecular formula is C18H23N3O3. The van der Waals surface area contributed by atoms with E-state index in [4.69, 9.17) is 0 Å². The molecule has 1 aliphatic carbocycles. The van der Waals surface area contributed by atoms with Crippen LogP contribution in [0, 0.1) is 0 Å². The quantitative estimate of drug-likeness (QED) is 0.777. The minimum Gasteiger partial charge on any atom is -0.393 e. The normalized spacial score (nSPS) is 20.9. The highest BCUT2D eigenvalue weighted by Gasteiger charge is 2.20. The summed E-state index contributed by atoms with van der Waals surface area (Å²) in [7, 11) is 0. The molecule has 6 heteroatoms. The van der Waals surface area contributed by atoms with Gasteiger partial charge < -0.3 is 15.4 Å². The van der Waals surface area contributed by atoms with Gasteiger partial charge in [0.1, 0.15) is 5.82 Å². The van der Waals surface area contributed by atoms with E-state index in [0.717, 1.165) is 25.7 Å². The summed E-state index contributed by atoms with van der Waals surface area (Å²) in [4.78, 5) is 31.2. The first kappa shape index (κ1) is 16.6. The van der Waals surface area contributed by atoms with Gasteiger partial charge in [0.2, 0.25) is 5.91 Å². The van der Waals surface area contributed by atoms with E-state index in [0.29, 0.717) is 36.0 Å². The number of fused-ring (bicyclic) bond motifs is 1. The van der Waals surface area contributed by atoms with Crippen molar-refractivity contribution in [3.05, 3.63) is 40.4 Å². The molecule has 0 bridgehead atoms. The molecule has 0 atom stereocenters. The van der Waals surface area contributed by atoms with Crippen molar-refractivity contribution in [3.63, 3.8) is 0 Å². The predicted molar refractivity (Wildman–Crippen MR) is 91.7 cm³/mol. The average Bonchev–Trinajstić information content (AvgIpc) is 2.57. The number of hydrogen-bond acceptors (Lipinski definition) is 4. The first-order chi connectivity index (χ1) is 11.6. The fraction of sp³-hybridized carbons (Fsp3) is 0.500. The Morgan fingerprint density at radius 2 is 2.00 bits per heavy atom. The first-order valence-electron chi connectivity index (χ1n) is 8.57. The molecule has 1 amide bonds. The molecule has 1 aromatic heterocycles. The van der Waals surface area contributed by atoms with Crippen molar-refractivity contribution < 1.29 is 9.90 Å². The van der Waals surface area contributed by atoms with E-state index in [-0.39, 0.29) is 23.6 Å². The fourth-order valence-corrected chi connectivity index (χ4v) is 3.19. The molecule has 0 saturated heterocycles. The van der Waals surface area contributed by atoms with E-state index in [9.17, 15) is 14.7 Å². The second kappa shape index (κ2) is 7.57. The summed E-state index contributed by atoms with van der Waals surface area (Å²) in [5.74, 6) is 0.645. The lowest BCUT2D eigenvalue weighted by molar-refractivity contribution is -0.122. The number of aryl methyl sites for hydroxylation is 1. The van der Waals surface area contributed by atoms with Crippen LogP contribution in [0.3, 0.4) is 0 Å². The first-order valence-corrected chi connectivity index (χ1v) is 8.57. The number of carbonyl (C=O) groups excluding carboxylic acids is 1. The maximum atomic E-state index is 12.0. The minimum atomic E-state index is -0.214. The Hall–Kier alpha value is -2.21. The number of carbonyl (C=O) groups is 1. The molecule has 0 spiro atoms. The molecule has 128 valence electrons. The lowest BCUT2D eigenvalue weighted by atomic mass is 9.93. The van der Waals surface area contributed by atoms with Gasteiger partial charge in [-0.25, -0.2) is 4.98 Å². The summed E-state index contributed by atoms with van der Waals surface area (Å²) < 4.78 is 0. The Balaban J connectivity index is 1.49. The summed E-state index contributed by atoms with van der Waals surface area (Å²) in [5, 5.41) is 13.1. The summed E-state index contributed by atoms with van der Waals surface area (Å²) in [6.45, 7) is 0. The van der Waals surface area contributed by atoms with Crippen LogP contribution in [0.5, 0.6) is 0 Å². The smallest absolute Gasteiger partial charge is 0.258 e. The van der Waals surface area contributed by atoms with Crippen LogP contribution in [0.2, 0.25) is 0 Å². The van der Waals surface area contributed by atoms with Crippen LogP contribution >= 0.6 is 0 Å². The fourth-order valence-electron chi connectivity index (χ4n) is 3.19. The van der Waals surface area contributed by atoms with Crippen LogP contribution < -0.4 is 10.9 Å². The van der Waals surface area contributed by atoms with E-state index in [1.54, 1.807) is 6.07 Å². The third-order valence-corrected chi connectivity index (χ3v) is 4.54. The Bertz CT molecular complexity index is 763. The second-order valence-electron chi connectivity index (χ2n) is 6.46. The van der Waals surface area contributed by atoms with Crippen LogP contribution in [0.4, 0.5) is 0 Å². The molecule has 1 aliphatic rings. The van der Waals surface area contributed by atoms with Gasteiger partial charge in [-0.15, -0.1) is 0 Å². The number of nitrogens with zero attached hydrogens (tertiary/aromatic N) is 1. The van der Waals surface area contributed by atoms with E-state index in [1.807, 2.05) is 18.2 Å². The topological polar surface area (TPSA) is 95.1 Å². The zero-order chi connectivity index (χ0) is 16.9. The van der Waals surface area contributed by atoms with Crippen molar-refractivity contribution in [1.29, 1.82) is 0 Å². The highest BCUT2D eigenvalue weighted by Crippen LogP contribution is 2.18. The van der Waals surface area contributed by atoms with E-state index in [1.165, 1.54) is 0 Å². The molecule has 0 aliphatic heterocycles. The minimum absolute atomic E-state index is 0.0273. The van der Waals surface area contributed by atoms with Crippen molar-refractivity contribution in [3.8, 4) is 0 Å². The van der Waals surface area contributed by atoms with Gasteiger partial charge in [0.05, 0.1) is 17.0 Å². The molecule has 3 rings (SSSR count).